The fraction of sp³-hybridized carbons (Fsp3) is 0.917. The second-order valence-electron chi connectivity index (χ2n) is 4.67. The Bertz CT molecular complexity index is 232. The van der Waals surface area contributed by atoms with Gasteiger partial charge in [-0.2, -0.15) is 0 Å². The molecule has 0 saturated heterocycles. The topological polar surface area (TPSA) is 26.3 Å². The summed E-state index contributed by atoms with van der Waals surface area (Å²) in [6.07, 6.45) is 9.07. The van der Waals surface area contributed by atoms with E-state index in [2.05, 4.69) is 0 Å². The smallest absolute Gasteiger partial charge is 0.305 e. The lowest BCUT2D eigenvalue weighted by atomic mass is 9.86. The first-order valence-corrected chi connectivity index (χ1v) is 7.33. The van der Waals surface area contributed by atoms with E-state index in [0.717, 1.165) is 18.8 Å². The van der Waals surface area contributed by atoms with Gasteiger partial charge in [0.1, 0.15) is 6.61 Å². The van der Waals surface area contributed by atoms with E-state index < -0.39 is 3.79 Å². The molecule has 17 heavy (non-hydrogen) atoms. The van der Waals surface area contributed by atoms with Crippen molar-refractivity contribution in [1.29, 1.82) is 0 Å². The summed E-state index contributed by atoms with van der Waals surface area (Å²) >= 11 is 16.5. The van der Waals surface area contributed by atoms with E-state index >= 15 is 0 Å². The summed E-state index contributed by atoms with van der Waals surface area (Å²) in [5.41, 5.74) is 0. The quantitative estimate of drug-likeness (QED) is 0.546. The van der Waals surface area contributed by atoms with Crippen molar-refractivity contribution in [3.63, 3.8) is 0 Å². The molecule has 0 aromatic rings. The first-order valence-electron chi connectivity index (χ1n) is 6.20. The molecule has 0 unspecified atom stereocenters. The molecule has 1 aliphatic rings. The Balaban J connectivity index is 2.03. The highest BCUT2D eigenvalue weighted by atomic mass is 35.6. The maximum Gasteiger partial charge on any atom is 0.305 e. The highest BCUT2D eigenvalue weighted by Crippen LogP contribution is 2.28. The van der Waals surface area contributed by atoms with Crippen LogP contribution in [0.15, 0.2) is 0 Å². The second-order valence-corrected chi connectivity index (χ2v) is 7.19. The van der Waals surface area contributed by atoms with Gasteiger partial charge in [-0.05, 0) is 18.8 Å². The zero-order chi connectivity index (χ0) is 12.7. The number of rotatable bonds is 5. The molecule has 0 N–H and O–H groups in total. The number of esters is 1. The van der Waals surface area contributed by atoms with Crippen LogP contribution in [0.4, 0.5) is 0 Å². The SMILES string of the molecule is O=C(CCCC1CCCCC1)OCC(Cl)(Cl)Cl. The zero-order valence-corrected chi connectivity index (χ0v) is 12.2. The van der Waals surface area contributed by atoms with Gasteiger partial charge in [0.2, 0.25) is 3.79 Å². The van der Waals surface area contributed by atoms with Gasteiger partial charge in [-0.15, -0.1) is 0 Å². The van der Waals surface area contributed by atoms with Gasteiger partial charge in [-0.25, -0.2) is 0 Å². The van der Waals surface area contributed by atoms with E-state index in [0.29, 0.717) is 6.42 Å². The van der Waals surface area contributed by atoms with Crippen LogP contribution in [0, 0.1) is 5.92 Å². The molecular formula is C12H19Cl3O2. The van der Waals surface area contributed by atoms with Crippen LogP contribution in [0.3, 0.4) is 0 Å². The lowest BCUT2D eigenvalue weighted by Gasteiger charge is -2.21. The average molecular weight is 302 g/mol. The molecule has 1 saturated carbocycles. The van der Waals surface area contributed by atoms with Crippen LogP contribution < -0.4 is 0 Å². The van der Waals surface area contributed by atoms with Gasteiger partial charge in [0, 0.05) is 6.42 Å². The van der Waals surface area contributed by atoms with Gasteiger partial charge in [-0.1, -0.05) is 66.9 Å². The van der Waals surface area contributed by atoms with E-state index in [-0.39, 0.29) is 12.6 Å². The van der Waals surface area contributed by atoms with Crippen molar-refractivity contribution >= 4 is 40.8 Å². The fourth-order valence-corrected chi connectivity index (χ4v) is 2.41. The van der Waals surface area contributed by atoms with Crippen LogP contribution in [0.5, 0.6) is 0 Å². The molecule has 0 heterocycles. The largest absolute Gasteiger partial charge is 0.461 e. The summed E-state index contributed by atoms with van der Waals surface area (Å²) in [5.74, 6) is 0.525. The lowest BCUT2D eigenvalue weighted by molar-refractivity contribution is -0.143. The number of alkyl halides is 3. The van der Waals surface area contributed by atoms with Crippen molar-refractivity contribution in [2.24, 2.45) is 5.92 Å². The third kappa shape index (κ3) is 8.12. The van der Waals surface area contributed by atoms with Crippen LogP contribution in [0.2, 0.25) is 0 Å². The van der Waals surface area contributed by atoms with Crippen molar-refractivity contribution in [2.45, 2.75) is 55.2 Å². The van der Waals surface area contributed by atoms with Crippen molar-refractivity contribution in [3.8, 4) is 0 Å². The molecule has 1 rings (SSSR count). The summed E-state index contributed by atoms with van der Waals surface area (Å²) in [6, 6.07) is 0. The molecule has 0 spiro atoms. The van der Waals surface area contributed by atoms with Crippen molar-refractivity contribution in [3.05, 3.63) is 0 Å². The standard InChI is InChI=1S/C12H19Cl3O2/c13-12(14,15)9-17-11(16)8-4-7-10-5-2-1-3-6-10/h10H,1-9H2. The molecule has 2 nitrogen and oxygen atoms in total. The summed E-state index contributed by atoms with van der Waals surface area (Å²) < 4.78 is 3.36. The maximum atomic E-state index is 11.3. The molecule has 0 bridgehead atoms. The average Bonchev–Trinajstić information content (AvgIpc) is 2.27. The van der Waals surface area contributed by atoms with Gasteiger partial charge < -0.3 is 4.74 Å². The lowest BCUT2D eigenvalue weighted by Crippen LogP contribution is -2.17. The Morgan fingerprint density at radius 1 is 1.18 bits per heavy atom. The Kier molecular flexibility index (Phi) is 6.98. The molecule has 1 aliphatic carbocycles. The summed E-state index contributed by atoms with van der Waals surface area (Å²) in [6.45, 7) is -0.167. The monoisotopic (exact) mass is 300 g/mol. The van der Waals surface area contributed by atoms with Gasteiger partial charge in [0.15, 0.2) is 0 Å². The zero-order valence-electron chi connectivity index (χ0n) is 9.89. The number of hydrogen-bond donors (Lipinski definition) is 0. The first-order chi connectivity index (χ1) is 7.97. The van der Waals surface area contributed by atoms with Gasteiger partial charge in [0.25, 0.3) is 0 Å². The first kappa shape index (κ1) is 15.4. The Morgan fingerprint density at radius 3 is 2.41 bits per heavy atom. The highest BCUT2D eigenvalue weighted by molar-refractivity contribution is 6.67. The summed E-state index contributed by atoms with van der Waals surface area (Å²) in [7, 11) is 0. The van der Waals surface area contributed by atoms with Crippen LogP contribution in [0.1, 0.15) is 51.4 Å². The highest BCUT2D eigenvalue weighted by Gasteiger charge is 2.22. The second kappa shape index (κ2) is 7.70. The van der Waals surface area contributed by atoms with Crippen LogP contribution in [-0.4, -0.2) is 16.4 Å². The number of hydrogen-bond acceptors (Lipinski definition) is 2. The predicted octanol–water partition coefficient (Wildman–Crippen LogP) is 4.65. The van der Waals surface area contributed by atoms with Crippen LogP contribution in [-0.2, 0) is 9.53 Å². The molecule has 1 fully saturated rings. The minimum atomic E-state index is -1.50. The van der Waals surface area contributed by atoms with Crippen molar-refractivity contribution < 1.29 is 9.53 Å². The van der Waals surface area contributed by atoms with Crippen LogP contribution >= 0.6 is 34.8 Å². The van der Waals surface area contributed by atoms with Gasteiger partial charge in [0.05, 0.1) is 0 Å². The Labute approximate surface area is 118 Å². The molecule has 0 amide bonds. The molecule has 100 valence electrons. The third-order valence-corrected chi connectivity index (χ3v) is 3.44. The predicted molar refractivity (Wildman–Crippen MR) is 71.7 cm³/mol. The van der Waals surface area contributed by atoms with E-state index in [1.54, 1.807) is 0 Å². The molecule has 0 atom stereocenters. The van der Waals surface area contributed by atoms with E-state index in [1.807, 2.05) is 0 Å². The fourth-order valence-electron chi connectivity index (χ4n) is 2.25. The van der Waals surface area contributed by atoms with Crippen molar-refractivity contribution in [2.75, 3.05) is 6.61 Å². The third-order valence-electron chi connectivity index (χ3n) is 3.11. The minimum Gasteiger partial charge on any atom is -0.461 e. The minimum absolute atomic E-state index is 0.167. The summed E-state index contributed by atoms with van der Waals surface area (Å²) in [4.78, 5) is 11.3. The van der Waals surface area contributed by atoms with E-state index in [1.165, 1.54) is 32.1 Å². The number of carbonyl (C=O) groups excluding carboxylic acids is 1. The Hall–Kier alpha value is 0.340. The maximum absolute atomic E-state index is 11.3. The van der Waals surface area contributed by atoms with Gasteiger partial charge >= 0.3 is 5.97 Å². The number of carbonyl (C=O) groups is 1. The molecule has 5 heteroatoms. The van der Waals surface area contributed by atoms with Crippen LogP contribution in [0.25, 0.3) is 0 Å². The Morgan fingerprint density at radius 2 is 1.82 bits per heavy atom. The molecule has 0 aliphatic heterocycles. The number of ether oxygens (including phenoxy) is 1. The number of halogens is 3. The molecule has 0 aromatic carbocycles. The molecule has 0 aromatic heterocycles. The molecule has 0 radical (unpaired) electrons. The normalized spacial score (nSPS) is 18.1. The van der Waals surface area contributed by atoms with E-state index in [9.17, 15) is 4.79 Å². The van der Waals surface area contributed by atoms with Crippen molar-refractivity contribution in [1.82, 2.24) is 0 Å². The van der Waals surface area contributed by atoms with E-state index in [4.69, 9.17) is 39.5 Å². The van der Waals surface area contributed by atoms with Gasteiger partial charge in [-0.3, -0.25) is 4.79 Å². The summed E-state index contributed by atoms with van der Waals surface area (Å²) in [5, 5.41) is 0. The molecular weight excluding hydrogens is 282 g/mol.